The Hall–Kier alpha value is -3.22. The molecule has 274 valence electrons. The number of hydrogen-bond donors (Lipinski definition) is 0. The van der Waals surface area contributed by atoms with Gasteiger partial charge in [-0.25, -0.2) is 12.2 Å². The van der Waals surface area contributed by atoms with E-state index >= 15 is 0 Å². The van der Waals surface area contributed by atoms with Gasteiger partial charge in [-0.2, -0.15) is 6.08 Å². The van der Waals surface area contributed by atoms with Crippen LogP contribution in [0.5, 0.6) is 0 Å². The van der Waals surface area contributed by atoms with E-state index in [-0.39, 0.29) is 35.6 Å². The third-order valence-electron chi connectivity index (χ3n) is 9.44. The van der Waals surface area contributed by atoms with Crippen molar-refractivity contribution in [3.05, 3.63) is 162 Å². The zero-order valence-corrected chi connectivity index (χ0v) is 36.5. The van der Waals surface area contributed by atoms with E-state index in [0.717, 1.165) is 6.42 Å². The van der Waals surface area contributed by atoms with Crippen molar-refractivity contribution < 1.29 is 49.0 Å². The number of halogens is 2. The van der Waals surface area contributed by atoms with Crippen LogP contribution in [0.4, 0.5) is 0 Å². The molecule has 0 atom stereocenters. The van der Waals surface area contributed by atoms with E-state index in [2.05, 4.69) is 182 Å². The predicted octanol–water partition coefficient (Wildman–Crippen LogP) is 8.09. The second-order valence-corrected chi connectivity index (χ2v) is 17.5. The first kappa shape index (κ1) is 44.2. The van der Waals surface area contributed by atoms with Gasteiger partial charge in [0.05, 0.1) is 0 Å². The molecule has 1 aliphatic carbocycles. The van der Waals surface area contributed by atoms with Gasteiger partial charge in [0.25, 0.3) is 0 Å². The van der Waals surface area contributed by atoms with Gasteiger partial charge in [0, 0.05) is 0 Å². The number of benzene rings is 5. The monoisotopic (exact) mass is 814 g/mol. The van der Waals surface area contributed by atoms with Crippen LogP contribution < -0.4 is 24.8 Å². The average molecular weight is 817 g/mol. The number of hydrogen-bond acceptors (Lipinski definition) is 0. The average Bonchev–Trinajstić information content (AvgIpc) is 3.82. The maximum Gasteiger partial charge on any atom is -0.109 e. The molecule has 0 bridgehead atoms. The Morgan fingerprint density at radius 3 is 1.47 bits per heavy atom. The van der Waals surface area contributed by atoms with Gasteiger partial charge in [-0.1, -0.05) is 114 Å². The van der Waals surface area contributed by atoms with Gasteiger partial charge in [0.1, 0.15) is 0 Å². The molecule has 6 aromatic rings. The van der Waals surface area contributed by atoms with Crippen LogP contribution in [-0.2, 0) is 41.5 Å². The molecule has 0 saturated heterocycles. The molecule has 0 unspecified atom stereocenters. The number of unbranched alkanes of at least 4 members (excludes halogenated alkanes) is 1. The Balaban J connectivity index is 0.000000313. The molecule has 53 heavy (non-hydrogen) atoms. The second kappa shape index (κ2) is 20.5. The van der Waals surface area contributed by atoms with Crippen molar-refractivity contribution in [2.24, 2.45) is 0 Å². The molecular weight excluding hydrogens is 763 g/mol. The van der Waals surface area contributed by atoms with Crippen LogP contribution in [0.2, 0.25) is 0 Å². The van der Waals surface area contributed by atoms with Crippen LogP contribution in [0.15, 0.2) is 140 Å². The van der Waals surface area contributed by atoms with Gasteiger partial charge >= 0.3 is 95.9 Å². The van der Waals surface area contributed by atoms with Crippen LogP contribution >= 0.6 is 0 Å². The molecule has 7 rings (SSSR count). The van der Waals surface area contributed by atoms with E-state index < -0.39 is 0 Å². The fourth-order valence-electron chi connectivity index (χ4n) is 6.72. The Labute approximate surface area is 347 Å². The molecule has 0 fully saturated rings. The fourth-order valence-corrected chi connectivity index (χ4v) is 7.66. The molecule has 1 aliphatic rings. The first-order valence-electron chi connectivity index (χ1n) is 18.6. The van der Waals surface area contributed by atoms with Gasteiger partial charge < -0.3 is 24.8 Å². The summed E-state index contributed by atoms with van der Waals surface area (Å²) in [5.41, 5.74) is 9.63. The molecule has 0 spiro atoms. The van der Waals surface area contributed by atoms with Gasteiger partial charge in [-0.15, -0.1) is 46.2 Å². The summed E-state index contributed by atoms with van der Waals surface area (Å²) in [5.74, 6) is 0. The SMILES string of the molecule is CC(C)(C)c1cc2c(cc1-c1ccccc1)[cH-]c1cc(-c3ccccc3)c(C(C)(C)C)cc12.CCCC[C](=[Zr+2])Cc1ccccc1.[C-]1=CC=CC1.[Cl-].[Cl-]. The van der Waals surface area contributed by atoms with E-state index in [1.807, 2.05) is 12.2 Å². The minimum atomic E-state index is 0. The summed E-state index contributed by atoms with van der Waals surface area (Å²) < 4.78 is 1.69. The van der Waals surface area contributed by atoms with E-state index in [9.17, 15) is 0 Å². The minimum absolute atomic E-state index is 0. The van der Waals surface area contributed by atoms with E-state index in [0.29, 0.717) is 0 Å². The van der Waals surface area contributed by atoms with Crippen molar-refractivity contribution in [3.8, 4) is 22.3 Å². The van der Waals surface area contributed by atoms with Crippen LogP contribution in [-0.4, -0.2) is 3.21 Å². The first-order valence-corrected chi connectivity index (χ1v) is 19.8. The second-order valence-electron chi connectivity index (χ2n) is 15.7. The van der Waals surface area contributed by atoms with Gasteiger partial charge in [-0.05, 0) is 44.2 Å². The summed E-state index contributed by atoms with van der Waals surface area (Å²) in [6.07, 6.45) is 15.2. The molecule has 0 aliphatic heterocycles. The number of allylic oxidation sites excluding steroid dienone is 4. The maximum absolute atomic E-state index is 2.99. The maximum atomic E-state index is 2.99. The zero-order valence-electron chi connectivity index (χ0n) is 32.6. The Kier molecular flexibility index (Phi) is 17.1. The summed E-state index contributed by atoms with van der Waals surface area (Å²) in [4.78, 5) is 0. The molecule has 3 heteroatoms. The Morgan fingerprint density at radius 2 is 1.11 bits per heavy atom. The van der Waals surface area contributed by atoms with Gasteiger partial charge in [0.15, 0.2) is 0 Å². The van der Waals surface area contributed by atoms with Crippen LogP contribution in [0.25, 0.3) is 43.8 Å². The summed E-state index contributed by atoms with van der Waals surface area (Å²) in [6.45, 7) is 16.2. The molecule has 0 N–H and O–H groups in total. The minimum Gasteiger partial charge on any atom is -1.00 e. The van der Waals surface area contributed by atoms with Crippen molar-refractivity contribution in [3.63, 3.8) is 0 Å². The largest absolute Gasteiger partial charge is 1.00 e. The molecule has 6 aromatic carbocycles. The van der Waals surface area contributed by atoms with Crippen molar-refractivity contribution in [2.45, 2.75) is 91.4 Å². The molecule has 0 heterocycles. The third kappa shape index (κ3) is 12.1. The topological polar surface area (TPSA) is 0 Å². The number of fused-ring (bicyclic) bond motifs is 3. The molecule has 0 saturated carbocycles. The van der Waals surface area contributed by atoms with Crippen LogP contribution in [0, 0.1) is 6.08 Å². The van der Waals surface area contributed by atoms with E-state index in [1.54, 1.807) is 27.4 Å². The van der Waals surface area contributed by atoms with E-state index in [1.165, 1.54) is 86.2 Å². The fraction of sp³-hybridized carbons (Fsp3) is 0.280. The van der Waals surface area contributed by atoms with Gasteiger partial charge in [-0.3, -0.25) is 6.08 Å². The Morgan fingerprint density at radius 1 is 0.660 bits per heavy atom. The van der Waals surface area contributed by atoms with Crippen molar-refractivity contribution in [1.29, 1.82) is 0 Å². The normalized spacial score (nSPS) is 11.9. The number of rotatable bonds is 7. The van der Waals surface area contributed by atoms with Gasteiger partial charge in [0.2, 0.25) is 0 Å². The molecule has 0 nitrogen and oxygen atoms in total. The smallest absolute Gasteiger partial charge is 0.109 e. The first-order chi connectivity index (χ1) is 24.5. The van der Waals surface area contributed by atoms with Crippen molar-refractivity contribution in [1.82, 2.24) is 0 Å². The standard InChI is InChI=1S/C33H33.C12H16.C5H5.2ClH.Zr/c1-32(2,3)30-20-26-24(18-28(30)22-13-9-7-10-14-22)17-25-19-29(23-15-11-8-12-16-23)31(21-27(25)26)33(4,5)6;1-2-3-4-6-9-12-10-7-5-8-11-12;1-2-4-5-3-1;;;/h7-21H,1-6H3;5,7-8,10-11H,2-4,9H2,1H3;1-3H,4H2;2*1H;/q-1;;-1;;;+2/p-2. The Bertz CT molecular complexity index is 1970. The van der Waals surface area contributed by atoms with Crippen molar-refractivity contribution in [2.75, 3.05) is 0 Å². The van der Waals surface area contributed by atoms with E-state index in [4.69, 9.17) is 0 Å². The molecule has 0 amide bonds. The summed E-state index contributed by atoms with van der Waals surface area (Å²) in [5, 5.41) is 5.36. The molecular formula is C50H54Cl2Zr-2. The van der Waals surface area contributed by atoms with Crippen molar-refractivity contribution >= 4 is 24.8 Å². The third-order valence-corrected chi connectivity index (χ3v) is 10.5. The zero-order chi connectivity index (χ0) is 36.4. The molecule has 0 radical (unpaired) electrons. The molecule has 0 aromatic heterocycles. The quantitative estimate of drug-likeness (QED) is 0.143. The predicted molar refractivity (Wildman–Crippen MR) is 222 cm³/mol. The van der Waals surface area contributed by atoms with Crippen LogP contribution in [0.3, 0.4) is 0 Å². The summed E-state index contributed by atoms with van der Waals surface area (Å²) in [7, 11) is 0. The van der Waals surface area contributed by atoms with Crippen LogP contribution in [0.1, 0.15) is 90.8 Å². The summed E-state index contributed by atoms with van der Waals surface area (Å²) >= 11 is 1.61. The summed E-state index contributed by atoms with van der Waals surface area (Å²) in [6, 6.07) is 44.5.